The number of nitrogens with zero attached hydrogens (tertiary/aromatic N) is 4. The standard InChI is InChI=1S/C10H9N2.C9H7N2.Pt/c1-12-7-10(11-8-12)9-5-3-2-4-6-9;1-2-5-9(6-3-1)11-8-4-7-10-11;/h2-5,7-8H,1H3;1-5,7-8H;/q2*-1;+2. The molecule has 24 heavy (non-hydrogen) atoms. The molecule has 2 heterocycles. The third-order valence-electron chi connectivity index (χ3n) is 3.13. The SMILES string of the molecule is Cn1cnc(-c2[c-]cccc2)c1.[Pt+2].[c-]1ccccc1-n1cccn1. The van der Waals surface area contributed by atoms with Gasteiger partial charge in [-0.15, -0.1) is 42.0 Å². The average Bonchev–Trinajstić information content (AvgIpc) is 3.29. The molecule has 0 amide bonds. The zero-order valence-electron chi connectivity index (χ0n) is 13.1. The molecule has 0 fully saturated rings. The van der Waals surface area contributed by atoms with E-state index < -0.39 is 0 Å². The minimum Gasteiger partial charge on any atom is -0.350 e. The van der Waals surface area contributed by atoms with Crippen LogP contribution < -0.4 is 0 Å². The maximum absolute atomic E-state index is 4.22. The van der Waals surface area contributed by atoms with Crippen LogP contribution in [0.25, 0.3) is 16.9 Å². The average molecular weight is 495 g/mol. The van der Waals surface area contributed by atoms with Gasteiger partial charge in [-0.3, -0.25) is 9.67 Å². The molecule has 0 unspecified atom stereocenters. The van der Waals surface area contributed by atoms with Crippen molar-refractivity contribution in [2.45, 2.75) is 0 Å². The number of para-hydroxylation sites is 1. The molecule has 0 aliphatic carbocycles. The maximum Gasteiger partial charge on any atom is 2.00 e. The summed E-state index contributed by atoms with van der Waals surface area (Å²) in [7, 11) is 1.96. The Morgan fingerprint density at radius 3 is 2.29 bits per heavy atom. The second-order valence-corrected chi connectivity index (χ2v) is 4.90. The quantitative estimate of drug-likeness (QED) is 0.399. The van der Waals surface area contributed by atoms with Gasteiger partial charge in [0.1, 0.15) is 0 Å². The Hall–Kier alpha value is -2.45. The Morgan fingerprint density at radius 2 is 1.75 bits per heavy atom. The summed E-state index contributed by atoms with van der Waals surface area (Å²) in [5, 5.41) is 4.07. The molecule has 5 heteroatoms. The fraction of sp³-hybridized carbons (Fsp3) is 0.0526. The number of benzene rings is 2. The van der Waals surface area contributed by atoms with Gasteiger partial charge >= 0.3 is 21.1 Å². The minimum absolute atomic E-state index is 0. The number of imidazole rings is 1. The summed E-state index contributed by atoms with van der Waals surface area (Å²) in [5.41, 5.74) is 2.98. The molecule has 0 bridgehead atoms. The molecule has 0 saturated heterocycles. The summed E-state index contributed by atoms with van der Waals surface area (Å²) >= 11 is 0. The van der Waals surface area contributed by atoms with E-state index in [1.54, 1.807) is 17.2 Å². The Bertz CT molecular complexity index is 824. The van der Waals surface area contributed by atoms with Crippen LogP contribution in [0.15, 0.2) is 79.5 Å². The molecule has 0 saturated carbocycles. The summed E-state index contributed by atoms with van der Waals surface area (Å²) < 4.78 is 3.70. The van der Waals surface area contributed by atoms with Gasteiger partial charge in [-0.2, -0.15) is 29.4 Å². The van der Waals surface area contributed by atoms with Gasteiger partial charge in [0.15, 0.2) is 0 Å². The predicted molar refractivity (Wildman–Crippen MR) is 89.9 cm³/mol. The van der Waals surface area contributed by atoms with Gasteiger partial charge in [0.05, 0.1) is 6.33 Å². The van der Waals surface area contributed by atoms with Gasteiger partial charge in [0, 0.05) is 25.1 Å². The van der Waals surface area contributed by atoms with Crippen LogP contribution in [0, 0.1) is 12.1 Å². The summed E-state index contributed by atoms with van der Waals surface area (Å²) in [5.74, 6) is 0. The number of hydrogen-bond acceptors (Lipinski definition) is 2. The molecule has 0 radical (unpaired) electrons. The molecule has 122 valence electrons. The van der Waals surface area contributed by atoms with E-state index in [-0.39, 0.29) is 21.1 Å². The van der Waals surface area contributed by atoms with E-state index in [1.807, 2.05) is 78.6 Å². The van der Waals surface area contributed by atoms with Crippen molar-refractivity contribution in [1.82, 2.24) is 19.3 Å². The van der Waals surface area contributed by atoms with Crippen molar-refractivity contribution in [2.24, 2.45) is 7.05 Å². The molecule has 4 aromatic rings. The van der Waals surface area contributed by atoms with Crippen molar-refractivity contribution in [3.63, 3.8) is 0 Å². The summed E-state index contributed by atoms with van der Waals surface area (Å²) in [4.78, 5) is 4.22. The predicted octanol–water partition coefficient (Wildman–Crippen LogP) is 3.56. The molecule has 0 atom stereocenters. The van der Waals surface area contributed by atoms with E-state index in [2.05, 4.69) is 22.2 Å². The van der Waals surface area contributed by atoms with Crippen LogP contribution >= 0.6 is 0 Å². The monoisotopic (exact) mass is 495 g/mol. The number of aryl methyl sites for hydroxylation is 1. The minimum atomic E-state index is 0. The first kappa shape index (κ1) is 17.9. The normalized spacial score (nSPS) is 9.54. The van der Waals surface area contributed by atoms with Crippen LogP contribution in [0.3, 0.4) is 0 Å². The maximum atomic E-state index is 4.22. The first-order chi connectivity index (χ1) is 11.3. The van der Waals surface area contributed by atoms with Crippen LogP contribution in [-0.4, -0.2) is 19.3 Å². The molecule has 4 rings (SSSR count). The van der Waals surface area contributed by atoms with Crippen LogP contribution in [0.4, 0.5) is 0 Å². The molecule has 4 nitrogen and oxygen atoms in total. The summed E-state index contributed by atoms with van der Waals surface area (Å²) in [6.07, 6.45) is 7.41. The first-order valence-corrected chi connectivity index (χ1v) is 7.25. The van der Waals surface area contributed by atoms with Crippen LogP contribution in [-0.2, 0) is 28.1 Å². The van der Waals surface area contributed by atoms with Gasteiger partial charge in [0.25, 0.3) is 0 Å². The van der Waals surface area contributed by atoms with Gasteiger partial charge in [0.2, 0.25) is 0 Å². The number of hydrogen-bond donors (Lipinski definition) is 0. The van der Waals surface area contributed by atoms with E-state index in [1.165, 1.54) is 0 Å². The topological polar surface area (TPSA) is 35.6 Å². The Labute approximate surface area is 156 Å². The Balaban J connectivity index is 0.000000167. The van der Waals surface area contributed by atoms with Crippen molar-refractivity contribution < 1.29 is 21.1 Å². The third kappa shape index (κ3) is 4.77. The molecule has 2 aromatic heterocycles. The zero-order chi connectivity index (χ0) is 15.9. The fourth-order valence-corrected chi connectivity index (χ4v) is 2.04. The number of rotatable bonds is 2. The van der Waals surface area contributed by atoms with E-state index in [4.69, 9.17) is 0 Å². The molecule has 0 N–H and O–H groups in total. The summed E-state index contributed by atoms with van der Waals surface area (Å²) in [6, 6.07) is 23.7. The van der Waals surface area contributed by atoms with E-state index in [0.29, 0.717) is 0 Å². The molecular weight excluding hydrogens is 479 g/mol. The third-order valence-corrected chi connectivity index (χ3v) is 3.13. The van der Waals surface area contributed by atoms with Gasteiger partial charge in [-0.25, -0.2) is 0 Å². The van der Waals surface area contributed by atoms with Crippen molar-refractivity contribution in [2.75, 3.05) is 0 Å². The summed E-state index contributed by atoms with van der Waals surface area (Å²) in [6.45, 7) is 0. The first-order valence-electron chi connectivity index (χ1n) is 7.25. The van der Waals surface area contributed by atoms with Crippen molar-refractivity contribution in [3.05, 3.63) is 91.6 Å². The van der Waals surface area contributed by atoms with Crippen LogP contribution in [0.2, 0.25) is 0 Å². The molecule has 0 spiro atoms. The van der Waals surface area contributed by atoms with Gasteiger partial charge in [-0.1, -0.05) is 0 Å². The van der Waals surface area contributed by atoms with E-state index in [0.717, 1.165) is 16.9 Å². The zero-order valence-corrected chi connectivity index (χ0v) is 15.4. The van der Waals surface area contributed by atoms with Crippen molar-refractivity contribution in [1.29, 1.82) is 0 Å². The largest absolute Gasteiger partial charge is 2.00 e. The van der Waals surface area contributed by atoms with Gasteiger partial charge < -0.3 is 4.57 Å². The number of aromatic nitrogens is 4. The smallest absolute Gasteiger partial charge is 0.350 e. The van der Waals surface area contributed by atoms with Crippen LogP contribution in [0.1, 0.15) is 0 Å². The Morgan fingerprint density at radius 1 is 0.958 bits per heavy atom. The Kier molecular flexibility index (Phi) is 6.71. The second-order valence-electron chi connectivity index (χ2n) is 4.90. The molecule has 0 aliphatic rings. The van der Waals surface area contributed by atoms with Crippen LogP contribution in [0.5, 0.6) is 0 Å². The molecule has 2 aromatic carbocycles. The molecule has 0 aliphatic heterocycles. The van der Waals surface area contributed by atoms with E-state index >= 15 is 0 Å². The van der Waals surface area contributed by atoms with Crippen molar-refractivity contribution in [3.8, 4) is 16.9 Å². The van der Waals surface area contributed by atoms with Crippen molar-refractivity contribution >= 4 is 0 Å². The second kappa shape index (κ2) is 8.99. The van der Waals surface area contributed by atoms with Gasteiger partial charge in [-0.05, 0) is 18.0 Å². The van der Waals surface area contributed by atoms with E-state index in [9.17, 15) is 0 Å². The fourth-order valence-electron chi connectivity index (χ4n) is 2.04. The molecular formula is C19H16N4Pt.